The Morgan fingerprint density at radius 1 is 1.06 bits per heavy atom. The molecule has 1 aromatic carbocycles. The molecule has 16 heavy (non-hydrogen) atoms. The van der Waals surface area contributed by atoms with Gasteiger partial charge in [0.25, 0.3) is 0 Å². The van der Waals surface area contributed by atoms with Crippen LogP contribution in [0, 0.1) is 0 Å². The molecule has 0 aliphatic carbocycles. The predicted octanol–water partition coefficient (Wildman–Crippen LogP) is 0.0939. The lowest BCUT2D eigenvalue weighted by atomic mass is 10.2. The van der Waals surface area contributed by atoms with Crippen molar-refractivity contribution in [1.82, 2.24) is 0 Å². The fourth-order valence-electron chi connectivity index (χ4n) is 0.567. The van der Waals surface area contributed by atoms with Gasteiger partial charge in [0.2, 0.25) is 0 Å². The molecule has 0 spiro atoms. The van der Waals surface area contributed by atoms with Crippen LogP contribution in [-0.4, -0.2) is 11.9 Å². The summed E-state index contributed by atoms with van der Waals surface area (Å²) in [6, 6.07) is 10.3. The molecule has 0 unspecified atom stereocenters. The van der Waals surface area contributed by atoms with Crippen LogP contribution in [0.25, 0.3) is 0 Å². The van der Waals surface area contributed by atoms with Gasteiger partial charge in [-0.1, -0.05) is 46.3 Å². The maximum Gasteiger partial charge on any atom is 0.0383 e. The summed E-state index contributed by atoms with van der Waals surface area (Å²) < 4.78 is 0. The van der Waals surface area contributed by atoms with E-state index in [4.69, 9.17) is 19.8 Å². The Morgan fingerprint density at radius 3 is 1.56 bits per heavy atom. The topological polar surface area (TPSA) is 80.3 Å². The molecule has 0 fully saturated rings. The summed E-state index contributed by atoms with van der Waals surface area (Å²) in [5.41, 5.74) is 1.33. The fourth-order valence-corrected chi connectivity index (χ4v) is 0.941. The first kappa shape index (κ1) is 17.0. The van der Waals surface area contributed by atoms with Crippen molar-refractivity contribution in [1.29, 1.82) is 0 Å². The zero-order chi connectivity index (χ0) is 13.0. The first-order chi connectivity index (χ1) is 7.40. The van der Waals surface area contributed by atoms with Crippen molar-refractivity contribution in [2.45, 2.75) is 19.2 Å². The number of carboxylic acids is 2. The Hall–Kier alpha value is -1.36. The maximum absolute atomic E-state index is 8.89. The molecule has 0 aliphatic rings. The Balaban J connectivity index is 0. The zero-order valence-corrected chi connectivity index (χ0v) is 10.7. The molecule has 1 rings (SSSR count). The molecule has 0 saturated heterocycles. The van der Waals surface area contributed by atoms with E-state index in [1.54, 1.807) is 0 Å². The number of hydrogen-bond donors (Lipinski definition) is 0. The van der Waals surface area contributed by atoms with E-state index >= 15 is 0 Å². The number of benzene rings is 1. The molecule has 0 aromatic heterocycles. The summed E-state index contributed by atoms with van der Waals surface area (Å²) in [5.74, 6) is -2.17. The fraction of sp³-hybridized carbons (Fsp3) is 0.273. The Labute approximate surface area is 103 Å². The number of hydrogen-bond acceptors (Lipinski definition) is 4. The average Bonchev–Trinajstić information content (AvgIpc) is 2.17. The van der Waals surface area contributed by atoms with Gasteiger partial charge in [0.1, 0.15) is 0 Å². The van der Waals surface area contributed by atoms with Crippen molar-refractivity contribution in [3.63, 3.8) is 0 Å². The second-order valence-corrected chi connectivity index (χ2v) is 3.16. The smallest absolute Gasteiger partial charge is 0.0383 e. The lowest BCUT2D eigenvalue weighted by Gasteiger charge is -1.88. The molecule has 0 bridgehead atoms. The molecule has 0 amide bonds. The van der Waals surface area contributed by atoms with Crippen LogP contribution in [0.2, 0.25) is 0 Å². The van der Waals surface area contributed by atoms with Gasteiger partial charge >= 0.3 is 0 Å². The largest absolute Gasteiger partial charge is 0.550 e. The van der Waals surface area contributed by atoms with Crippen molar-refractivity contribution in [3.8, 4) is 0 Å². The van der Waals surface area contributed by atoms with Crippen molar-refractivity contribution in [2.24, 2.45) is 0 Å². The minimum atomic E-state index is -1.08. The van der Waals surface area contributed by atoms with Crippen LogP contribution in [0.1, 0.15) is 19.4 Å². The van der Waals surface area contributed by atoms with E-state index in [1.165, 1.54) is 5.56 Å². The number of carbonyl (C=O) groups is 2. The van der Waals surface area contributed by atoms with E-state index in [-0.39, 0.29) is 0 Å². The monoisotopic (exact) mass is 288 g/mol. The third kappa shape index (κ3) is 22.9. The van der Waals surface area contributed by atoms with Gasteiger partial charge in [-0.05, 0) is 19.4 Å². The summed E-state index contributed by atoms with van der Waals surface area (Å²) in [6.07, 6.45) is 0. The van der Waals surface area contributed by atoms with Gasteiger partial charge in [-0.2, -0.15) is 0 Å². The van der Waals surface area contributed by atoms with E-state index < -0.39 is 11.9 Å². The highest BCUT2D eigenvalue weighted by atomic mass is 79.9. The van der Waals surface area contributed by atoms with Crippen molar-refractivity contribution in [3.05, 3.63) is 35.9 Å². The average molecular weight is 289 g/mol. The third-order valence-corrected chi connectivity index (χ3v) is 1.64. The normalized spacial score (nSPS) is 7.69. The van der Waals surface area contributed by atoms with Crippen LogP contribution in [0.3, 0.4) is 0 Å². The summed E-state index contributed by atoms with van der Waals surface area (Å²) in [4.78, 5) is 17.8. The number of alkyl halides is 1. The molecule has 4 nitrogen and oxygen atoms in total. The van der Waals surface area contributed by atoms with E-state index in [0.717, 1.165) is 19.2 Å². The SMILES string of the molecule is BrCc1ccccc1.CC(=O)[O-].CC(=O)[O-]. The summed E-state index contributed by atoms with van der Waals surface area (Å²) in [7, 11) is 0. The van der Waals surface area contributed by atoms with Crippen LogP contribution in [-0.2, 0) is 14.9 Å². The third-order valence-electron chi connectivity index (χ3n) is 0.997. The van der Waals surface area contributed by atoms with E-state index in [0.29, 0.717) is 0 Å². The molecule has 0 atom stereocenters. The van der Waals surface area contributed by atoms with Gasteiger partial charge in [0, 0.05) is 17.3 Å². The van der Waals surface area contributed by atoms with Gasteiger partial charge in [-0.25, -0.2) is 0 Å². The van der Waals surface area contributed by atoms with Gasteiger partial charge in [-0.3, -0.25) is 0 Å². The van der Waals surface area contributed by atoms with Crippen LogP contribution in [0.5, 0.6) is 0 Å². The van der Waals surface area contributed by atoms with E-state index in [1.807, 2.05) is 18.2 Å². The molecule has 5 heteroatoms. The summed E-state index contributed by atoms with van der Waals surface area (Å²) >= 11 is 3.36. The lowest BCUT2D eigenvalue weighted by Crippen LogP contribution is -2.16. The first-order valence-electron chi connectivity index (χ1n) is 4.35. The Bertz CT molecular complexity index is 278. The number of rotatable bonds is 1. The summed E-state index contributed by atoms with van der Waals surface area (Å²) in [6.45, 7) is 1.94. The highest BCUT2D eigenvalue weighted by Crippen LogP contribution is 2.02. The van der Waals surface area contributed by atoms with Gasteiger partial charge in [0.05, 0.1) is 0 Å². The molecular formula is C11H13BrO4-2. The molecule has 90 valence electrons. The number of carboxylic acid groups (broad SMARTS) is 2. The second-order valence-electron chi connectivity index (χ2n) is 2.60. The van der Waals surface area contributed by atoms with Crippen molar-refractivity contribution >= 4 is 27.9 Å². The molecule has 0 aliphatic heterocycles. The Morgan fingerprint density at radius 2 is 1.38 bits per heavy atom. The highest BCUT2D eigenvalue weighted by molar-refractivity contribution is 9.08. The first-order valence-corrected chi connectivity index (χ1v) is 5.47. The molecule has 1 aromatic rings. The van der Waals surface area contributed by atoms with Crippen molar-refractivity contribution in [2.75, 3.05) is 0 Å². The number of halogens is 1. The second kappa shape index (κ2) is 11.7. The van der Waals surface area contributed by atoms with Crippen LogP contribution < -0.4 is 10.2 Å². The van der Waals surface area contributed by atoms with Crippen LogP contribution in [0.4, 0.5) is 0 Å². The maximum atomic E-state index is 8.89. The Kier molecular flexibility index (Phi) is 12.5. The van der Waals surface area contributed by atoms with Crippen LogP contribution in [0.15, 0.2) is 30.3 Å². The molecule has 0 saturated carbocycles. The highest BCUT2D eigenvalue weighted by Gasteiger charge is 1.81. The number of aliphatic carboxylic acids is 2. The zero-order valence-electron chi connectivity index (χ0n) is 9.10. The molecule has 0 heterocycles. The minimum absolute atomic E-state index is 0.952. The molecule has 0 radical (unpaired) electrons. The van der Waals surface area contributed by atoms with Crippen molar-refractivity contribution < 1.29 is 19.8 Å². The number of carbonyl (C=O) groups excluding carboxylic acids is 2. The van der Waals surface area contributed by atoms with Crippen LogP contribution >= 0.6 is 15.9 Å². The standard InChI is InChI=1S/C7H7Br.2C2H4O2/c8-6-7-4-2-1-3-5-7;2*1-2(3)4/h1-5H,6H2;2*1H3,(H,3,4)/p-2. The minimum Gasteiger partial charge on any atom is -0.550 e. The van der Waals surface area contributed by atoms with E-state index in [2.05, 4.69) is 28.1 Å². The molecule has 0 N–H and O–H groups in total. The van der Waals surface area contributed by atoms with Gasteiger partial charge in [0.15, 0.2) is 0 Å². The quantitative estimate of drug-likeness (QED) is 0.686. The molecular weight excluding hydrogens is 276 g/mol. The van der Waals surface area contributed by atoms with Gasteiger partial charge in [-0.15, -0.1) is 0 Å². The predicted molar refractivity (Wildman–Crippen MR) is 60.4 cm³/mol. The van der Waals surface area contributed by atoms with E-state index in [9.17, 15) is 0 Å². The van der Waals surface area contributed by atoms with Gasteiger partial charge < -0.3 is 19.8 Å². The lowest BCUT2D eigenvalue weighted by molar-refractivity contribution is -0.303. The summed E-state index contributed by atoms with van der Waals surface area (Å²) in [5, 5.41) is 18.7.